The molecule has 0 saturated heterocycles. The van der Waals surface area contributed by atoms with Gasteiger partial charge < -0.3 is 10.6 Å². The summed E-state index contributed by atoms with van der Waals surface area (Å²) >= 11 is 0. The maximum Gasteiger partial charge on any atom is 0.228 e. The van der Waals surface area contributed by atoms with E-state index in [1.54, 1.807) is 12.4 Å². The Bertz CT molecular complexity index is 815. The van der Waals surface area contributed by atoms with Crippen molar-refractivity contribution in [2.24, 2.45) is 0 Å². The molecule has 2 N–H and O–H groups in total. The highest BCUT2D eigenvalue weighted by molar-refractivity contribution is 5.92. The lowest BCUT2D eigenvalue weighted by Gasteiger charge is -2.08. The molecule has 5 nitrogen and oxygen atoms in total. The van der Waals surface area contributed by atoms with Gasteiger partial charge in [-0.3, -0.25) is 9.78 Å². The molecular formula is C20H20N4O. The fourth-order valence-corrected chi connectivity index (χ4v) is 2.36. The Morgan fingerprint density at radius 2 is 1.84 bits per heavy atom. The Labute approximate surface area is 147 Å². The predicted molar refractivity (Wildman–Crippen MR) is 99.3 cm³/mol. The number of anilines is 2. The molecule has 0 spiro atoms. The van der Waals surface area contributed by atoms with Crippen LogP contribution in [0.5, 0.6) is 0 Å². The molecule has 126 valence electrons. The van der Waals surface area contributed by atoms with Gasteiger partial charge in [-0.1, -0.05) is 35.9 Å². The zero-order valence-electron chi connectivity index (χ0n) is 14.1. The molecule has 0 aliphatic rings. The Morgan fingerprint density at radius 3 is 2.52 bits per heavy atom. The molecule has 5 heteroatoms. The molecule has 0 aliphatic heterocycles. The lowest BCUT2D eigenvalue weighted by Crippen LogP contribution is -2.14. The second-order valence-electron chi connectivity index (χ2n) is 5.86. The third-order valence-corrected chi connectivity index (χ3v) is 3.73. The van der Waals surface area contributed by atoms with Gasteiger partial charge in [0, 0.05) is 18.9 Å². The van der Waals surface area contributed by atoms with Crippen molar-refractivity contribution in [2.75, 3.05) is 10.6 Å². The molecule has 0 fully saturated rings. The van der Waals surface area contributed by atoms with Crippen LogP contribution in [0.25, 0.3) is 0 Å². The average Bonchev–Trinajstić information content (AvgIpc) is 2.64. The molecule has 1 aromatic carbocycles. The van der Waals surface area contributed by atoms with Crippen LogP contribution in [0.15, 0.2) is 67.1 Å². The molecular weight excluding hydrogens is 312 g/mol. The zero-order chi connectivity index (χ0) is 17.5. The minimum Gasteiger partial charge on any atom is -0.366 e. The van der Waals surface area contributed by atoms with Crippen LogP contribution in [0.4, 0.5) is 11.5 Å². The molecule has 25 heavy (non-hydrogen) atoms. The van der Waals surface area contributed by atoms with Crippen LogP contribution in [-0.4, -0.2) is 15.9 Å². The Kier molecular flexibility index (Phi) is 5.36. The first-order chi connectivity index (χ1) is 12.2. The molecule has 1 amide bonds. The summed E-state index contributed by atoms with van der Waals surface area (Å²) in [7, 11) is 0. The van der Waals surface area contributed by atoms with E-state index in [0.717, 1.165) is 16.9 Å². The summed E-state index contributed by atoms with van der Waals surface area (Å²) in [6.45, 7) is 2.68. The van der Waals surface area contributed by atoms with E-state index in [2.05, 4.69) is 20.6 Å². The number of hydrogen-bond acceptors (Lipinski definition) is 4. The quantitative estimate of drug-likeness (QED) is 0.724. The van der Waals surface area contributed by atoms with Crippen molar-refractivity contribution in [3.05, 3.63) is 83.8 Å². The summed E-state index contributed by atoms with van der Waals surface area (Å²) in [5.74, 6) is 0.696. The number of nitrogens with one attached hydrogen (secondary N) is 2. The number of aryl methyl sites for hydroxylation is 1. The highest BCUT2D eigenvalue weighted by Crippen LogP contribution is 2.12. The van der Waals surface area contributed by atoms with Gasteiger partial charge in [-0.2, -0.15) is 0 Å². The highest BCUT2D eigenvalue weighted by atomic mass is 16.1. The van der Waals surface area contributed by atoms with Crippen molar-refractivity contribution in [3.8, 4) is 0 Å². The topological polar surface area (TPSA) is 66.9 Å². The number of benzene rings is 1. The largest absolute Gasteiger partial charge is 0.366 e. The highest BCUT2D eigenvalue weighted by Gasteiger charge is 2.05. The number of carbonyl (C=O) groups is 1. The van der Waals surface area contributed by atoms with Crippen LogP contribution in [-0.2, 0) is 17.8 Å². The van der Waals surface area contributed by atoms with Crippen molar-refractivity contribution >= 4 is 17.4 Å². The summed E-state index contributed by atoms with van der Waals surface area (Å²) in [4.78, 5) is 20.5. The summed E-state index contributed by atoms with van der Waals surface area (Å²) in [5, 5.41) is 6.09. The molecule has 2 aromatic heterocycles. The molecule has 0 bridgehead atoms. The second kappa shape index (κ2) is 8.06. The number of amides is 1. The number of hydrogen-bond donors (Lipinski definition) is 2. The molecule has 0 aliphatic carbocycles. The zero-order valence-corrected chi connectivity index (χ0v) is 14.1. The minimum atomic E-state index is -0.0540. The van der Waals surface area contributed by atoms with Crippen molar-refractivity contribution in [2.45, 2.75) is 19.9 Å². The molecule has 3 aromatic rings. The van der Waals surface area contributed by atoms with Crippen molar-refractivity contribution < 1.29 is 4.79 Å². The number of aromatic nitrogens is 2. The van der Waals surface area contributed by atoms with Gasteiger partial charge in [0.1, 0.15) is 5.82 Å². The van der Waals surface area contributed by atoms with Gasteiger partial charge in [0.2, 0.25) is 5.91 Å². The molecule has 3 rings (SSSR count). The maximum atomic E-state index is 12.1. The Hall–Kier alpha value is -3.21. The van der Waals surface area contributed by atoms with E-state index in [1.807, 2.05) is 61.7 Å². The van der Waals surface area contributed by atoms with Gasteiger partial charge >= 0.3 is 0 Å². The smallest absolute Gasteiger partial charge is 0.228 e. The van der Waals surface area contributed by atoms with Crippen LogP contribution in [0.2, 0.25) is 0 Å². The number of carbonyl (C=O) groups excluding carboxylic acids is 1. The monoisotopic (exact) mass is 332 g/mol. The Balaban J connectivity index is 1.51. The van der Waals surface area contributed by atoms with E-state index in [9.17, 15) is 4.79 Å². The SMILES string of the molecule is Cc1ccc(CC(=O)Nc2ccc(NCc3cccnc3)nc2)cc1. The summed E-state index contributed by atoms with van der Waals surface area (Å²) in [6.07, 6.45) is 5.56. The van der Waals surface area contributed by atoms with E-state index >= 15 is 0 Å². The lowest BCUT2D eigenvalue weighted by molar-refractivity contribution is -0.115. The van der Waals surface area contributed by atoms with Crippen LogP contribution >= 0.6 is 0 Å². The first-order valence-corrected chi connectivity index (χ1v) is 8.13. The molecule has 0 unspecified atom stereocenters. The Morgan fingerprint density at radius 1 is 1.00 bits per heavy atom. The molecule has 0 atom stereocenters. The normalized spacial score (nSPS) is 10.3. The van der Waals surface area contributed by atoms with E-state index in [-0.39, 0.29) is 5.91 Å². The standard InChI is InChI=1S/C20H20N4O/c1-15-4-6-16(7-5-15)11-20(25)24-18-8-9-19(23-14-18)22-13-17-3-2-10-21-12-17/h2-10,12,14H,11,13H2,1H3,(H,22,23)(H,24,25). The average molecular weight is 332 g/mol. The van der Waals surface area contributed by atoms with Crippen molar-refractivity contribution in [1.82, 2.24) is 9.97 Å². The molecule has 0 radical (unpaired) electrons. The number of rotatable bonds is 6. The number of pyridine rings is 2. The van der Waals surface area contributed by atoms with Crippen LogP contribution in [0.3, 0.4) is 0 Å². The fraction of sp³-hybridized carbons (Fsp3) is 0.150. The third-order valence-electron chi connectivity index (χ3n) is 3.73. The van der Waals surface area contributed by atoms with Crippen LogP contribution < -0.4 is 10.6 Å². The predicted octanol–water partition coefficient (Wildman–Crippen LogP) is 3.58. The van der Waals surface area contributed by atoms with Crippen LogP contribution in [0, 0.1) is 6.92 Å². The van der Waals surface area contributed by atoms with Crippen molar-refractivity contribution in [1.29, 1.82) is 0 Å². The second-order valence-corrected chi connectivity index (χ2v) is 5.86. The number of nitrogens with zero attached hydrogens (tertiary/aromatic N) is 2. The summed E-state index contributed by atoms with van der Waals surface area (Å²) in [6, 6.07) is 15.5. The molecule has 0 saturated carbocycles. The van der Waals surface area contributed by atoms with Crippen molar-refractivity contribution in [3.63, 3.8) is 0 Å². The first-order valence-electron chi connectivity index (χ1n) is 8.13. The summed E-state index contributed by atoms with van der Waals surface area (Å²) < 4.78 is 0. The van der Waals surface area contributed by atoms with E-state index in [0.29, 0.717) is 18.7 Å². The van der Waals surface area contributed by atoms with Gasteiger partial charge in [0.15, 0.2) is 0 Å². The van der Waals surface area contributed by atoms with Crippen LogP contribution in [0.1, 0.15) is 16.7 Å². The van der Waals surface area contributed by atoms with Gasteiger partial charge in [0.25, 0.3) is 0 Å². The lowest BCUT2D eigenvalue weighted by atomic mass is 10.1. The van der Waals surface area contributed by atoms with Gasteiger partial charge in [-0.05, 0) is 36.2 Å². The summed E-state index contributed by atoms with van der Waals surface area (Å²) in [5.41, 5.74) is 3.94. The van der Waals surface area contributed by atoms with E-state index in [1.165, 1.54) is 5.56 Å². The van der Waals surface area contributed by atoms with Gasteiger partial charge in [0.05, 0.1) is 18.3 Å². The van der Waals surface area contributed by atoms with E-state index in [4.69, 9.17) is 0 Å². The first kappa shape index (κ1) is 16.6. The maximum absolute atomic E-state index is 12.1. The van der Waals surface area contributed by atoms with Gasteiger partial charge in [-0.25, -0.2) is 4.98 Å². The fourth-order valence-electron chi connectivity index (χ4n) is 2.36. The minimum absolute atomic E-state index is 0.0540. The third kappa shape index (κ3) is 5.14. The molecule has 2 heterocycles. The van der Waals surface area contributed by atoms with Gasteiger partial charge in [-0.15, -0.1) is 0 Å². The van der Waals surface area contributed by atoms with E-state index < -0.39 is 0 Å².